The molecule has 0 fully saturated rings. The molecular formula is C25H21N. The molecule has 1 heteroatoms. The van der Waals surface area contributed by atoms with Gasteiger partial charge in [-0.1, -0.05) is 90.5 Å². The number of rotatable bonds is 4. The number of aromatic amines is 1. The summed E-state index contributed by atoms with van der Waals surface area (Å²) in [6.45, 7) is 2.14. The van der Waals surface area contributed by atoms with Crippen LogP contribution in [0.4, 0.5) is 0 Å². The van der Waals surface area contributed by atoms with Crippen molar-refractivity contribution in [1.29, 1.82) is 0 Å². The minimum Gasteiger partial charge on any atom is -0.355 e. The van der Waals surface area contributed by atoms with E-state index in [1.165, 1.54) is 27.6 Å². The molecular weight excluding hydrogens is 314 g/mol. The Labute approximate surface area is 154 Å². The number of nitrogens with one attached hydrogen (secondary N) is 1. The van der Waals surface area contributed by atoms with Crippen molar-refractivity contribution in [3.05, 3.63) is 107 Å². The van der Waals surface area contributed by atoms with Crippen LogP contribution < -0.4 is 0 Å². The van der Waals surface area contributed by atoms with Crippen molar-refractivity contribution < 1.29 is 0 Å². The fourth-order valence-corrected chi connectivity index (χ4v) is 3.15. The van der Waals surface area contributed by atoms with Crippen molar-refractivity contribution >= 4 is 35.2 Å². The summed E-state index contributed by atoms with van der Waals surface area (Å²) in [5.74, 6) is 0. The van der Waals surface area contributed by atoms with Crippen LogP contribution in [-0.4, -0.2) is 4.98 Å². The summed E-state index contributed by atoms with van der Waals surface area (Å²) < 4.78 is 0. The van der Waals surface area contributed by atoms with Gasteiger partial charge < -0.3 is 4.98 Å². The van der Waals surface area contributed by atoms with Crippen LogP contribution in [0.5, 0.6) is 0 Å². The Bertz CT molecular complexity index is 1070. The molecule has 0 atom stereocenters. The summed E-state index contributed by atoms with van der Waals surface area (Å²) in [4.78, 5) is 3.56. The molecule has 0 saturated carbocycles. The van der Waals surface area contributed by atoms with Crippen LogP contribution in [0.25, 0.3) is 35.2 Å². The summed E-state index contributed by atoms with van der Waals surface area (Å²) in [5.41, 5.74) is 7.18. The maximum atomic E-state index is 3.56. The summed E-state index contributed by atoms with van der Waals surface area (Å²) in [6.07, 6.45) is 8.69. The number of aromatic nitrogens is 1. The van der Waals surface area contributed by atoms with E-state index >= 15 is 0 Å². The van der Waals surface area contributed by atoms with Crippen molar-refractivity contribution in [2.45, 2.75) is 6.92 Å². The van der Waals surface area contributed by atoms with Gasteiger partial charge in [0.05, 0.1) is 0 Å². The molecule has 0 aliphatic rings. The zero-order chi connectivity index (χ0) is 17.8. The standard InChI is InChI=1S/C25H21N/c1-19-12-16-25-23(18-19)22(15-13-20-8-4-2-5-9-20)24(26-25)17-14-21-10-6-3-7-11-21/h2-18,26H,1H3/b15-13+,17-14+. The zero-order valence-corrected chi connectivity index (χ0v) is 14.8. The Morgan fingerprint density at radius 2 is 1.27 bits per heavy atom. The van der Waals surface area contributed by atoms with Gasteiger partial charge in [-0.05, 0) is 36.3 Å². The highest BCUT2D eigenvalue weighted by molar-refractivity contribution is 5.96. The van der Waals surface area contributed by atoms with Crippen molar-refractivity contribution in [1.82, 2.24) is 4.98 Å². The lowest BCUT2D eigenvalue weighted by atomic mass is 10.1. The third-order valence-electron chi connectivity index (χ3n) is 4.51. The predicted octanol–water partition coefficient (Wildman–Crippen LogP) is 6.82. The molecule has 1 aromatic heterocycles. The fourth-order valence-electron chi connectivity index (χ4n) is 3.15. The summed E-state index contributed by atoms with van der Waals surface area (Å²) >= 11 is 0. The maximum Gasteiger partial charge on any atom is 0.0465 e. The lowest BCUT2D eigenvalue weighted by molar-refractivity contribution is 1.42. The van der Waals surface area contributed by atoms with Gasteiger partial charge in [-0.25, -0.2) is 0 Å². The number of hydrogen-bond donors (Lipinski definition) is 1. The van der Waals surface area contributed by atoms with Crippen molar-refractivity contribution in [3.63, 3.8) is 0 Å². The molecule has 1 N–H and O–H groups in total. The SMILES string of the molecule is Cc1ccc2[nH]c(/C=C/c3ccccc3)c(/C=C/c3ccccc3)c2c1. The number of hydrogen-bond acceptors (Lipinski definition) is 0. The van der Waals surface area contributed by atoms with Gasteiger partial charge in [0.2, 0.25) is 0 Å². The molecule has 0 bridgehead atoms. The molecule has 126 valence electrons. The molecule has 0 saturated heterocycles. The van der Waals surface area contributed by atoms with Gasteiger partial charge in [-0.15, -0.1) is 0 Å². The van der Waals surface area contributed by atoms with Crippen molar-refractivity contribution in [2.75, 3.05) is 0 Å². The van der Waals surface area contributed by atoms with E-state index in [2.05, 4.69) is 103 Å². The van der Waals surface area contributed by atoms with E-state index in [-0.39, 0.29) is 0 Å². The molecule has 4 rings (SSSR count). The van der Waals surface area contributed by atoms with Gasteiger partial charge in [0.15, 0.2) is 0 Å². The molecule has 1 heterocycles. The first kappa shape index (κ1) is 16.2. The molecule has 3 aromatic carbocycles. The third-order valence-corrected chi connectivity index (χ3v) is 4.51. The van der Waals surface area contributed by atoms with E-state index in [4.69, 9.17) is 0 Å². The Balaban J connectivity index is 1.79. The minimum absolute atomic E-state index is 1.13. The smallest absolute Gasteiger partial charge is 0.0465 e. The maximum absolute atomic E-state index is 3.56. The van der Waals surface area contributed by atoms with Crippen molar-refractivity contribution in [3.8, 4) is 0 Å². The minimum atomic E-state index is 1.13. The van der Waals surface area contributed by atoms with E-state index in [1.54, 1.807) is 0 Å². The first-order valence-corrected chi connectivity index (χ1v) is 8.88. The van der Waals surface area contributed by atoms with Gasteiger partial charge in [0.1, 0.15) is 0 Å². The van der Waals surface area contributed by atoms with Gasteiger partial charge in [0, 0.05) is 22.2 Å². The quantitative estimate of drug-likeness (QED) is 0.421. The normalized spacial score (nSPS) is 11.7. The third kappa shape index (κ3) is 3.52. The van der Waals surface area contributed by atoms with E-state index in [0.29, 0.717) is 0 Å². The van der Waals surface area contributed by atoms with Crippen LogP contribution in [-0.2, 0) is 0 Å². The van der Waals surface area contributed by atoms with Gasteiger partial charge in [-0.2, -0.15) is 0 Å². The monoisotopic (exact) mass is 335 g/mol. The fraction of sp³-hybridized carbons (Fsp3) is 0.0400. The Kier molecular flexibility index (Phi) is 4.53. The van der Waals surface area contributed by atoms with E-state index in [1.807, 2.05) is 12.1 Å². The molecule has 0 spiro atoms. The molecule has 1 nitrogen and oxygen atoms in total. The van der Waals surface area contributed by atoms with Crippen LogP contribution >= 0.6 is 0 Å². The Hall–Kier alpha value is -3.32. The Morgan fingerprint density at radius 1 is 0.654 bits per heavy atom. The second kappa shape index (κ2) is 7.28. The number of fused-ring (bicyclic) bond motifs is 1. The number of benzene rings is 3. The molecule has 0 aliphatic heterocycles. The van der Waals surface area contributed by atoms with Crippen LogP contribution in [0.3, 0.4) is 0 Å². The highest BCUT2D eigenvalue weighted by Gasteiger charge is 2.07. The summed E-state index contributed by atoms with van der Waals surface area (Å²) in [7, 11) is 0. The van der Waals surface area contributed by atoms with E-state index in [9.17, 15) is 0 Å². The second-order valence-electron chi connectivity index (χ2n) is 6.49. The van der Waals surface area contributed by atoms with Crippen LogP contribution in [0, 0.1) is 6.92 Å². The molecule has 4 aromatic rings. The average molecular weight is 335 g/mol. The van der Waals surface area contributed by atoms with E-state index < -0.39 is 0 Å². The van der Waals surface area contributed by atoms with Crippen molar-refractivity contribution in [2.24, 2.45) is 0 Å². The summed E-state index contributed by atoms with van der Waals surface area (Å²) in [5, 5.41) is 1.25. The molecule has 0 radical (unpaired) electrons. The first-order chi connectivity index (χ1) is 12.8. The zero-order valence-electron chi connectivity index (χ0n) is 14.8. The van der Waals surface area contributed by atoms with Crippen LogP contribution in [0.15, 0.2) is 78.9 Å². The number of H-pyrrole nitrogens is 1. The van der Waals surface area contributed by atoms with Gasteiger partial charge in [0.25, 0.3) is 0 Å². The predicted molar refractivity (Wildman–Crippen MR) is 114 cm³/mol. The molecule has 0 amide bonds. The summed E-state index contributed by atoms with van der Waals surface area (Å²) in [6, 6.07) is 27.4. The Morgan fingerprint density at radius 3 is 1.92 bits per heavy atom. The first-order valence-electron chi connectivity index (χ1n) is 8.88. The van der Waals surface area contributed by atoms with Crippen LogP contribution in [0.2, 0.25) is 0 Å². The van der Waals surface area contributed by atoms with E-state index in [0.717, 1.165) is 11.2 Å². The molecule has 26 heavy (non-hydrogen) atoms. The second-order valence-corrected chi connectivity index (χ2v) is 6.49. The lowest BCUT2D eigenvalue weighted by Crippen LogP contribution is -1.78. The number of aryl methyl sites for hydroxylation is 1. The van der Waals surface area contributed by atoms with Gasteiger partial charge in [-0.3, -0.25) is 0 Å². The van der Waals surface area contributed by atoms with Crippen LogP contribution in [0.1, 0.15) is 27.9 Å². The average Bonchev–Trinajstić information content (AvgIpc) is 3.03. The molecule has 0 aliphatic carbocycles. The highest BCUT2D eigenvalue weighted by Crippen LogP contribution is 2.27. The highest BCUT2D eigenvalue weighted by atomic mass is 14.7. The topological polar surface area (TPSA) is 15.8 Å². The van der Waals surface area contributed by atoms with Gasteiger partial charge >= 0.3 is 0 Å². The largest absolute Gasteiger partial charge is 0.355 e. The molecule has 0 unspecified atom stereocenters. The lowest BCUT2D eigenvalue weighted by Gasteiger charge is -1.98.